The molecule has 0 aliphatic carbocycles. The van der Waals surface area contributed by atoms with Crippen LogP contribution in [0.5, 0.6) is 0 Å². The van der Waals surface area contributed by atoms with Crippen molar-refractivity contribution in [1.29, 1.82) is 0 Å². The highest BCUT2D eigenvalue weighted by Crippen LogP contribution is 2.28. The number of hydrogen-bond donors (Lipinski definition) is 1. The monoisotopic (exact) mass is 450 g/mol. The molecule has 9 heteroatoms. The fraction of sp³-hybridized carbons (Fsp3) is 0.522. The van der Waals surface area contributed by atoms with Crippen molar-refractivity contribution in [2.75, 3.05) is 19.6 Å². The third kappa shape index (κ3) is 6.11. The van der Waals surface area contributed by atoms with Gasteiger partial charge in [0.2, 0.25) is 5.91 Å². The molecule has 0 radical (unpaired) electrons. The van der Waals surface area contributed by atoms with Gasteiger partial charge >= 0.3 is 6.18 Å². The molecule has 174 valence electrons. The lowest BCUT2D eigenvalue weighted by atomic mass is 9.96. The Bertz CT molecular complexity index is 909. The van der Waals surface area contributed by atoms with Gasteiger partial charge in [0.25, 0.3) is 5.91 Å². The molecule has 1 aromatic heterocycles. The summed E-state index contributed by atoms with van der Waals surface area (Å²) < 4.78 is 39.4. The summed E-state index contributed by atoms with van der Waals surface area (Å²) in [7, 11) is 0. The first kappa shape index (κ1) is 23.8. The fourth-order valence-electron chi connectivity index (χ4n) is 3.84. The second-order valence-electron chi connectivity index (χ2n) is 8.13. The van der Waals surface area contributed by atoms with Crippen molar-refractivity contribution in [3.63, 3.8) is 0 Å². The minimum atomic E-state index is -4.51. The average Bonchev–Trinajstić information content (AvgIpc) is 3.29. The molecule has 0 saturated carbocycles. The van der Waals surface area contributed by atoms with E-state index in [0.29, 0.717) is 30.9 Å². The van der Waals surface area contributed by atoms with E-state index in [0.717, 1.165) is 49.3 Å². The Hall–Kier alpha value is -2.84. The number of unbranched alkanes of at least 4 members (excludes halogenated alkanes) is 3. The van der Waals surface area contributed by atoms with Crippen LogP contribution in [0.15, 0.2) is 36.5 Å². The van der Waals surface area contributed by atoms with Crippen molar-refractivity contribution in [1.82, 2.24) is 20.0 Å². The highest BCUT2D eigenvalue weighted by molar-refractivity contribution is 5.95. The SMILES string of the molecule is CCCCCCNC(=O)C1CCCN(C(=O)c2ccc(-n3ccc(C(F)(F)F)n3)cc2)C1. The second kappa shape index (κ2) is 10.7. The van der Waals surface area contributed by atoms with E-state index < -0.39 is 11.9 Å². The molecule has 2 heterocycles. The average molecular weight is 451 g/mol. The van der Waals surface area contributed by atoms with Crippen molar-refractivity contribution < 1.29 is 22.8 Å². The van der Waals surface area contributed by atoms with E-state index in [1.807, 2.05) is 0 Å². The van der Waals surface area contributed by atoms with E-state index >= 15 is 0 Å². The van der Waals surface area contributed by atoms with Gasteiger partial charge in [0, 0.05) is 31.4 Å². The molecule has 0 bridgehead atoms. The summed E-state index contributed by atoms with van der Waals surface area (Å²) in [6.07, 6.45) is 2.59. The lowest BCUT2D eigenvalue weighted by molar-refractivity contribution is -0.141. The van der Waals surface area contributed by atoms with Crippen molar-refractivity contribution >= 4 is 11.8 Å². The molecule has 2 amide bonds. The van der Waals surface area contributed by atoms with Gasteiger partial charge in [-0.15, -0.1) is 0 Å². The number of piperidine rings is 1. The van der Waals surface area contributed by atoms with Crippen LogP contribution in [0.25, 0.3) is 5.69 Å². The van der Waals surface area contributed by atoms with Gasteiger partial charge in [-0.05, 0) is 49.6 Å². The number of carbonyl (C=O) groups excluding carboxylic acids is 2. The van der Waals surface area contributed by atoms with E-state index in [1.165, 1.54) is 6.20 Å². The molecule has 1 fully saturated rings. The number of aromatic nitrogens is 2. The van der Waals surface area contributed by atoms with Crippen LogP contribution in [0.1, 0.15) is 61.5 Å². The van der Waals surface area contributed by atoms with Crippen LogP contribution >= 0.6 is 0 Å². The van der Waals surface area contributed by atoms with Crippen LogP contribution in [-0.4, -0.2) is 46.1 Å². The van der Waals surface area contributed by atoms with Crippen LogP contribution < -0.4 is 5.32 Å². The zero-order chi connectivity index (χ0) is 23.1. The molecule has 0 spiro atoms. The van der Waals surface area contributed by atoms with Crippen molar-refractivity contribution in [3.05, 3.63) is 47.8 Å². The molecule has 6 nitrogen and oxygen atoms in total. The molecule has 2 aromatic rings. The number of alkyl halides is 3. The van der Waals surface area contributed by atoms with Gasteiger partial charge in [-0.25, -0.2) is 4.68 Å². The number of hydrogen-bond acceptors (Lipinski definition) is 3. The second-order valence-corrected chi connectivity index (χ2v) is 8.13. The fourth-order valence-corrected chi connectivity index (χ4v) is 3.84. The number of amides is 2. The van der Waals surface area contributed by atoms with Gasteiger partial charge < -0.3 is 10.2 Å². The maximum Gasteiger partial charge on any atom is 0.435 e. The zero-order valence-corrected chi connectivity index (χ0v) is 18.2. The molecule has 32 heavy (non-hydrogen) atoms. The number of benzene rings is 1. The van der Waals surface area contributed by atoms with Crippen LogP contribution in [0.4, 0.5) is 13.2 Å². The van der Waals surface area contributed by atoms with E-state index in [-0.39, 0.29) is 17.7 Å². The third-order valence-electron chi connectivity index (χ3n) is 5.67. The first-order chi connectivity index (χ1) is 15.3. The van der Waals surface area contributed by atoms with E-state index in [4.69, 9.17) is 0 Å². The van der Waals surface area contributed by atoms with Gasteiger partial charge in [-0.2, -0.15) is 18.3 Å². The molecule has 1 aliphatic heterocycles. The topological polar surface area (TPSA) is 67.2 Å². The molecule has 1 N–H and O–H groups in total. The van der Waals surface area contributed by atoms with E-state index in [2.05, 4.69) is 17.3 Å². The number of carbonyl (C=O) groups is 2. The predicted molar refractivity (Wildman–Crippen MR) is 114 cm³/mol. The Morgan fingerprint density at radius 3 is 2.53 bits per heavy atom. The molecule has 1 saturated heterocycles. The number of rotatable bonds is 8. The smallest absolute Gasteiger partial charge is 0.356 e. The van der Waals surface area contributed by atoms with Gasteiger partial charge in [-0.3, -0.25) is 9.59 Å². The van der Waals surface area contributed by atoms with Crippen molar-refractivity contribution in [2.24, 2.45) is 5.92 Å². The molecule has 1 atom stereocenters. The first-order valence-corrected chi connectivity index (χ1v) is 11.1. The lowest BCUT2D eigenvalue weighted by Crippen LogP contribution is -2.45. The van der Waals surface area contributed by atoms with Crippen molar-refractivity contribution in [2.45, 2.75) is 51.6 Å². The summed E-state index contributed by atoms with van der Waals surface area (Å²) in [6, 6.07) is 7.17. The molecule has 1 aromatic carbocycles. The molecular formula is C23H29F3N4O2. The normalized spacial score (nSPS) is 16.8. The predicted octanol–water partition coefficient (Wildman–Crippen LogP) is 4.44. The quantitative estimate of drug-likeness (QED) is 0.605. The Morgan fingerprint density at radius 1 is 1.12 bits per heavy atom. The first-order valence-electron chi connectivity index (χ1n) is 11.1. The highest BCUT2D eigenvalue weighted by atomic mass is 19.4. The Balaban J connectivity index is 1.57. The standard InChI is InChI=1S/C23H29F3N4O2/c1-2-3-4-5-13-27-21(31)18-7-6-14-29(16-18)22(32)17-8-10-19(11-9-17)30-15-12-20(28-30)23(24,25)26/h8-12,15,18H,2-7,13-14,16H2,1H3,(H,27,31). The summed E-state index contributed by atoms with van der Waals surface area (Å²) in [5.74, 6) is -0.412. The number of nitrogens with zero attached hydrogens (tertiary/aromatic N) is 3. The summed E-state index contributed by atoms with van der Waals surface area (Å²) >= 11 is 0. The Labute approximate surface area is 185 Å². The summed E-state index contributed by atoms with van der Waals surface area (Å²) in [5.41, 5.74) is -0.116. The largest absolute Gasteiger partial charge is 0.435 e. The maximum atomic E-state index is 12.9. The summed E-state index contributed by atoms with van der Waals surface area (Å²) in [5, 5.41) is 6.52. The summed E-state index contributed by atoms with van der Waals surface area (Å²) in [4.78, 5) is 27.1. The van der Waals surface area contributed by atoms with Crippen LogP contribution in [0, 0.1) is 5.92 Å². The molecule has 1 aliphatic rings. The van der Waals surface area contributed by atoms with Crippen LogP contribution in [0.2, 0.25) is 0 Å². The third-order valence-corrected chi connectivity index (χ3v) is 5.67. The van der Waals surface area contributed by atoms with Gasteiger partial charge in [-0.1, -0.05) is 26.2 Å². The Kier molecular flexibility index (Phi) is 7.93. The van der Waals surface area contributed by atoms with Gasteiger partial charge in [0.15, 0.2) is 5.69 Å². The van der Waals surface area contributed by atoms with Crippen LogP contribution in [-0.2, 0) is 11.0 Å². The lowest BCUT2D eigenvalue weighted by Gasteiger charge is -2.32. The van der Waals surface area contributed by atoms with Crippen LogP contribution in [0.3, 0.4) is 0 Å². The zero-order valence-electron chi connectivity index (χ0n) is 18.2. The molecule has 1 unspecified atom stereocenters. The Morgan fingerprint density at radius 2 is 1.88 bits per heavy atom. The van der Waals surface area contributed by atoms with E-state index in [9.17, 15) is 22.8 Å². The number of halogens is 3. The van der Waals surface area contributed by atoms with E-state index in [1.54, 1.807) is 29.2 Å². The molecular weight excluding hydrogens is 421 g/mol. The minimum Gasteiger partial charge on any atom is -0.356 e. The number of likely N-dealkylation sites (tertiary alicyclic amines) is 1. The summed E-state index contributed by atoms with van der Waals surface area (Å²) in [6.45, 7) is 3.75. The van der Waals surface area contributed by atoms with Gasteiger partial charge in [0.05, 0.1) is 11.6 Å². The van der Waals surface area contributed by atoms with Crippen molar-refractivity contribution in [3.8, 4) is 5.69 Å². The van der Waals surface area contributed by atoms with Gasteiger partial charge in [0.1, 0.15) is 0 Å². The molecule has 3 rings (SSSR count). The maximum absolute atomic E-state index is 12.9. The number of nitrogens with one attached hydrogen (secondary N) is 1. The highest BCUT2D eigenvalue weighted by Gasteiger charge is 2.33. The minimum absolute atomic E-state index is 0.00602.